The largest absolute Gasteiger partial charge is 0.300 e. The third kappa shape index (κ3) is 4.21. The van der Waals surface area contributed by atoms with Crippen molar-refractivity contribution in [2.24, 2.45) is 5.92 Å². The topological polar surface area (TPSA) is 6.48 Å². The van der Waals surface area contributed by atoms with E-state index in [4.69, 9.17) is 11.6 Å². The maximum Gasteiger partial charge on any atom is 0.0409 e. The average molecular weight is 307 g/mol. The van der Waals surface area contributed by atoms with Crippen LogP contribution in [0.2, 0.25) is 5.02 Å². The van der Waals surface area contributed by atoms with Crippen LogP contribution in [-0.4, -0.2) is 42.0 Å². The van der Waals surface area contributed by atoms with Crippen LogP contribution in [0.1, 0.15) is 38.2 Å². The molecule has 2 aliphatic heterocycles. The van der Waals surface area contributed by atoms with Crippen LogP contribution in [0.5, 0.6) is 0 Å². The highest BCUT2D eigenvalue weighted by molar-refractivity contribution is 6.30. The number of piperidine rings is 2. The molecule has 2 saturated heterocycles. The summed E-state index contributed by atoms with van der Waals surface area (Å²) >= 11 is 6.08. The second kappa shape index (κ2) is 7.13. The zero-order chi connectivity index (χ0) is 14.7. The lowest BCUT2D eigenvalue weighted by atomic mass is 9.95. The van der Waals surface area contributed by atoms with Crippen LogP contribution in [0.4, 0.5) is 0 Å². The summed E-state index contributed by atoms with van der Waals surface area (Å²) < 4.78 is 0. The highest BCUT2D eigenvalue weighted by Gasteiger charge is 2.27. The highest BCUT2D eigenvalue weighted by atomic mass is 35.5. The van der Waals surface area contributed by atoms with Crippen LogP contribution in [0.15, 0.2) is 24.3 Å². The highest BCUT2D eigenvalue weighted by Crippen LogP contribution is 2.24. The predicted octanol–water partition coefficient (Wildman–Crippen LogP) is 4.04. The summed E-state index contributed by atoms with van der Waals surface area (Å²) in [5.41, 5.74) is 1.34. The van der Waals surface area contributed by atoms with Gasteiger partial charge in [0.1, 0.15) is 0 Å². The third-order valence-corrected chi connectivity index (χ3v) is 5.29. The van der Waals surface area contributed by atoms with E-state index < -0.39 is 0 Å². The minimum Gasteiger partial charge on any atom is -0.300 e. The Kier molecular flexibility index (Phi) is 5.20. The Morgan fingerprint density at radius 3 is 2.67 bits per heavy atom. The molecule has 2 aliphatic rings. The molecule has 3 rings (SSSR count). The number of hydrogen-bond donors (Lipinski definition) is 0. The Labute approximate surface area is 134 Å². The van der Waals surface area contributed by atoms with E-state index in [1.807, 2.05) is 6.07 Å². The number of likely N-dealkylation sites (tertiary alicyclic amines) is 2. The Bertz CT molecular complexity index is 454. The van der Waals surface area contributed by atoms with Crippen LogP contribution in [0, 0.1) is 5.92 Å². The van der Waals surface area contributed by atoms with Crippen molar-refractivity contribution >= 4 is 11.6 Å². The quantitative estimate of drug-likeness (QED) is 0.831. The van der Waals surface area contributed by atoms with Gasteiger partial charge in [-0.2, -0.15) is 0 Å². The molecule has 0 unspecified atom stereocenters. The zero-order valence-corrected chi connectivity index (χ0v) is 13.9. The van der Waals surface area contributed by atoms with Gasteiger partial charge in [0.25, 0.3) is 0 Å². The molecule has 116 valence electrons. The molecular weight excluding hydrogens is 280 g/mol. The van der Waals surface area contributed by atoms with Gasteiger partial charge in [0.2, 0.25) is 0 Å². The molecule has 0 N–H and O–H groups in total. The lowest BCUT2D eigenvalue weighted by Gasteiger charge is -2.41. The first-order valence-corrected chi connectivity index (χ1v) is 8.79. The SMILES string of the molecule is C[C@@H]1CCCN(C2CCN(Cc3cccc(Cl)c3)CC2)C1. The van der Waals surface area contributed by atoms with Crippen LogP contribution in [-0.2, 0) is 6.54 Å². The molecule has 2 fully saturated rings. The van der Waals surface area contributed by atoms with Gasteiger partial charge in [-0.15, -0.1) is 0 Å². The van der Waals surface area contributed by atoms with Gasteiger partial charge in [-0.05, 0) is 68.9 Å². The van der Waals surface area contributed by atoms with E-state index in [0.717, 1.165) is 23.5 Å². The second-order valence-corrected chi connectivity index (χ2v) is 7.32. The summed E-state index contributed by atoms with van der Waals surface area (Å²) in [4.78, 5) is 5.33. The van der Waals surface area contributed by atoms with Crippen molar-refractivity contribution < 1.29 is 0 Å². The summed E-state index contributed by atoms with van der Waals surface area (Å²) in [7, 11) is 0. The maximum atomic E-state index is 6.08. The van der Waals surface area contributed by atoms with Crippen molar-refractivity contribution in [3.8, 4) is 0 Å². The Hall–Kier alpha value is -0.570. The summed E-state index contributed by atoms with van der Waals surface area (Å²) in [6.45, 7) is 8.54. The molecule has 21 heavy (non-hydrogen) atoms. The predicted molar refractivity (Wildman–Crippen MR) is 89.7 cm³/mol. The van der Waals surface area contributed by atoms with Crippen molar-refractivity contribution in [3.05, 3.63) is 34.9 Å². The summed E-state index contributed by atoms with van der Waals surface area (Å²) in [6, 6.07) is 9.11. The first-order valence-electron chi connectivity index (χ1n) is 8.41. The van der Waals surface area contributed by atoms with Crippen molar-refractivity contribution in [1.29, 1.82) is 0 Å². The molecule has 0 aromatic heterocycles. The lowest BCUT2D eigenvalue weighted by molar-refractivity contribution is 0.0729. The number of halogens is 1. The smallest absolute Gasteiger partial charge is 0.0409 e. The molecular formula is C18H27ClN2. The fourth-order valence-corrected chi connectivity index (χ4v) is 4.11. The Morgan fingerprint density at radius 1 is 1.14 bits per heavy atom. The molecule has 0 radical (unpaired) electrons. The Balaban J connectivity index is 1.48. The van der Waals surface area contributed by atoms with Gasteiger partial charge < -0.3 is 4.90 Å². The molecule has 0 amide bonds. The molecule has 0 bridgehead atoms. The van der Waals surface area contributed by atoms with E-state index in [0.29, 0.717) is 0 Å². The van der Waals surface area contributed by atoms with Gasteiger partial charge >= 0.3 is 0 Å². The molecule has 2 heterocycles. The monoisotopic (exact) mass is 306 g/mol. The third-order valence-electron chi connectivity index (χ3n) is 5.06. The van der Waals surface area contributed by atoms with Crippen LogP contribution < -0.4 is 0 Å². The average Bonchev–Trinajstić information content (AvgIpc) is 2.48. The molecule has 3 heteroatoms. The van der Waals surface area contributed by atoms with Gasteiger partial charge in [-0.1, -0.05) is 30.7 Å². The molecule has 1 aromatic rings. The van der Waals surface area contributed by atoms with Gasteiger partial charge in [0, 0.05) is 24.2 Å². The first kappa shape index (κ1) is 15.3. The van der Waals surface area contributed by atoms with Crippen molar-refractivity contribution in [2.75, 3.05) is 26.2 Å². The first-order chi connectivity index (χ1) is 10.2. The van der Waals surface area contributed by atoms with E-state index in [1.165, 1.54) is 57.4 Å². The number of rotatable bonds is 3. The summed E-state index contributed by atoms with van der Waals surface area (Å²) in [6.07, 6.45) is 5.47. The standard InChI is InChI=1S/C18H27ClN2/c1-15-4-3-9-21(13-15)18-7-10-20(11-8-18)14-16-5-2-6-17(19)12-16/h2,5-6,12,15,18H,3-4,7-11,13-14H2,1H3/t15-/m1/s1. The van der Waals surface area contributed by atoms with Crippen molar-refractivity contribution in [3.63, 3.8) is 0 Å². The Morgan fingerprint density at radius 2 is 1.95 bits per heavy atom. The minimum atomic E-state index is 0.823. The zero-order valence-electron chi connectivity index (χ0n) is 13.1. The van der Waals surface area contributed by atoms with E-state index in [-0.39, 0.29) is 0 Å². The van der Waals surface area contributed by atoms with Crippen LogP contribution in [0.3, 0.4) is 0 Å². The van der Waals surface area contributed by atoms with Gasteiger partial charge in [-0.3, -0.25) is 4.90 Å². The van der Waals surface area contributed by atoms with Crippen molar-refractivity contribution in [2.45, 2.75) is 45.2 Å². The van der Waals surface area contributed by atoms with E-state index >= 15 is 0 Å². The lowest BCUT2D eigenvalue weighted by Crippen LogP contribution is -2.47. The summed E-state index contributed by atoms with van der Waals surface area (Å²) in [5, 5.41) is 0.852. The second-order valence-electron chi connectivity index (χ2n) is 6.88. The van der Waals surface area contributed by atoms with E-state index in [9.17, 15) is 0 Å². The molecule has 2 nitrogen and oxygen atoms in total. The van der Waals surface area contributed by atoms with E-state index in [2.05, 4.69) is 34.9 Å². The van der Waals surface area contributed by atoms with Gasteiger partial charge in [0.15, 0.2) is 0 Å². The molecule has 1 aromatic carbocycles. The minimum absolute atomic E-state index is 0.823. The number of benzene rings is 1. The fraction of sp³-hybridized carbons (Fsp3) is 0.667. The van der Waals surface area contributed by atoms with E-state index in [1.54, 1.807) is 0 Å². The normalized spacial score (nSPS) is 26.1. The number of hydrogen-bond acceptors (Lipinski definition) is 2. The summed E-state index contributed by atoms with van der Waals surface area (Å²) in [5.74, 6) is 0.892. The van der Waals surface area contributed by atoms with Crippen LogP contribution >= 0.6 is 11.6 Å². The molecule has 0 saturated carbocycles. The number of nitrogens with zero attached hydrogens (tertiary/aromatic N) is 2. The molecule has 0 aliphatic carbocycles. The van der Waals surface area contributed by atoms with Crippen molar-refractivity contribution in [1.82, 2.24) is 9.80 Å². The van der Waals surface area contributed by atoms with Gasteiger partial charge in [0.05, 0.1) is 0 Å². The molecule has 0 spiro atoms. The molecule has 1 atom stereocenters. The van der Waals surface area contributed by atoms with Gasteiger partial charge in [-0.25, -0.2) is 0 Å². The fourth-order valence-electron chi connectivity index (χ4n) is 3.89. The van der Waals surface area contributed by atoms with Crippen LogP contribution in [0.25, 0.3) is 0 Å². The maximum absolute atomic E-state index is 6.08.